The molecule has 2 unspecified atom stereocenters. The molecule has 0 aliphatic carbocycles. The molecule has 1 rings (SSSR count). The summed E-state index contributed by atoms with van der Waals surface area (Å²) in [4.78, 5) is 10.4. The predicted octanol–water partition coefficient (Wildman–Crippen LogP) is 1.55. The lowest BCUT2D eigenvalue weighted by atomic mass is 10.5. The highest BCUT2D eigenvalue weighted by atomic mass is 31.1. The van der Waals surface area contributed by atoms with Gasteiger partial charge in [-0.1, -0.05) is 6.08 Å². The maximum absolute atomic E-state index is 11.2. The zero-order valence-electron chi connectivity index (χ0n) is 7.02. The van der Waals surface area contributed by atoms with Crippen molar-refractivity contribution in [1.29, 1.82) is 0 Å². The van der Waals surface area contributed by atoms with E-state index in [4.69, 9.17) is 4.52 Å². The van der Waals surface area contributed by atoms with Gasteiger partial charge in [0.1, 0.15) is 6.61 Å². The summed E-state index contributed by atoms with van der Waals surface area (Å²) < 4.78 is 25.2. The van der Waals surface area contributed by atoms with E-state index in [0.717, 1.165) is 0 Å². The lowest BCUT2D eigenvalue weighted by Gasteiger charge is -2.05. The van der Waals surface area contributed by atoms with Crippen molar-refractivity contribution in [2.24, 2.45) is 0 Å². The second kappa shape index (κ2) is 5.04. The summed E-state index contributed by atoms with van der Waals surface area (Å²) in [6.07, 6.45) is 1.50. The second-order valence-corrected chi connectivity index (χ2v) is 3.98. The first-order valence-corrected chi connectivity index (χ1v) is 5.24. The van der Waals surface area contributed by atoms with Crippen LogP contribution in [0.4, 0.5) is 4.79 Å². The maximum atomic E-state index is 11.2. The highest BCUT2D eigenvalue weighted by Gasteiger charge is 2.30. The number of hydrogen-bond donors (Lipinski definition) is 0. The van der Waals surface area contributed by atoms with Gasteiger partial charge < -0.3 is 14.0 Å². The van der Waals surface area contributed by atoms with Gasteiger partial charge >= 0.3 is 6.16 Å². The maximum Gasteiger partial charge on any atom is 0.509 e. The van der Waals surface area contributed by atoms with E-state index in [0.29, 0.717) is 13.0 Å². The number of ether oxygens (including phenoxy) is 2. The average molecular weight is 206 g/mol. The van der Waals surface area contributed by atoms with E-state index in [9.17, 15) is 9.36 Å². The lowest BCUT2D eigenvalue weighted by molar-refractivity contribution is 0.126. The molecule has 5 nitrogen and oxygen atoms in total. The van der Waals surface area contributed by atoms with Crippen molar-refractivity contribution in [3.63, 3.8) is 0 Å². The van der Waals surface area contributed by atoms with E-state index < -0.39 is 20.0 Å². The fraction of sp³-hybridized carbons (Fsp3) is 0.571. The van der Waals surface area contributed by atoms with Crippen LogP contribution in [-0.4, -0.2) is 25.2 Å². The van der Waals surface area contributed by atoms with Crippen molar-refractivity contribution in [3.05, 3.63) is 12.7 Å². The minimum Gasteiger partial charge on any atom is -0.430 e. The largest absolute Gasteiger partial charge is 0.509 e. The fourth-order valence-corrected chi connectivity index (χ4v) is 1.70. The minimum absolute atomic E-state index is 0.0186. The summed E-state index contributed by atoms with van der Waals surface area (Å²) in [5, 5.41) is 0. The van der Waals surface area contributed by atoms with E-state index in [1.165, 1.54) is 0 Å². The van der Waals surface area contributed by atoms with Crippen molar-refractivity contribution in [1.82, 2.24) is 0 Å². The van der Waals surface area contributed by atoms with Gasteiger partial charge in [0, 0.05) is 0 Å². The molecule has 0 spiro atoms. The molecule has 1 aliphatic heterocycles. The van der Waals surface area contributed by atoms with Gasteiger partial charge in [0.05, 0.1) is 6.61 Å². The van der Waals surface area contributed by atoms with Crippen LogP contribution in [0.25, 0.3) is 0 Å². The highest BCUT2D eigenvalue weighted by Crippen LogP contribution is 2.33. The van der Waals surface area contributed by atoms with Gasteiger partial charge in [-0.2, -0.15) is 0 Å². The smallest absolute Gasteiger partial charge is 0.430 e. The lowest BCUT2D eigenvalue weighted by Crippen LogP contribution is -2.05. The molecule has 1 saturated heterocycles. The molecule has 1 heterocycles. The second-order valence-electron chi connectivity index (χ2n) is 2.41. The van der Waals surface area contributed by atoms with Gasteiger partial charge in [-0.15, -0.1) is 6.58 Å². The molecule has 0 N–H and O–H groups in total. The molecule has 1 aliphatic rings. The van der Waals surface area contributed by atoms with E-state index in [1.807, 2.05) is 0 Å². The quantitative estimate of drug-likeness (QED) is 0.295. The summed E-state index contributed by atoms with van der Waals surface area (Å²) >= 11 is 0. The Morgan fingerprint density at radius 2 is 2.54 bits per heavy atom. The predicted molar refractivity (Wildman–Crippen MR) is 46.0 cm³/mol. The molecule has 0 bridgehead atoms. The molecule has 2 atom stereocenters. The van der Waals surface area contributed by atoms with E-state index >= 15 is 0 Å². The third-order valence-electron chi connectivity index (χ3n) is 1.42. The molecule has 0 amide bonds. The summed E-state index contributed by atoms with van der Waals surface area (Å²) in [5.41, 5.74) is 0. The Labute approximate surface area is 76.5 Å². The van der Waals surface area contributed by atoms with Crippen molar-refractivity contribution >= 4 is 14.2 Å². The monoisotopic (exact) mass is 206 g/mol. The van der Waals surface area contributed by atoms with Gasteiger partial charge in [-0.05, 0) is 6.42 Å². The molecule has 1 fully saturated rings. The van der Waals surface area contributed by atoms with Gasteiger partial charge in [-0.3, -0.25) is 4.57 Å². The summed E-state index contributed by atoms with van der Waals surface area (Å²) in [7, 11) is -2.34. The molecule has 0 aromatic rings. The van der Waals surface area contributed by atoms with Crippen LogP contribution in [0.2, 0.25) is 0 Å². The number of cyclic esters (lactones) is 2. The molecule has 0 aromatic heterocycles. The van der Waals surface area contributed by atoms with Crippen molar-refractivity contribution in [3.8, 4) is 0 Å². The Kier molecular flexibility index (Phi) is 3.99. The number of hydrogen-bond acceptors (Lipinski definition) is 5. The Morgan fingerprint density at radius 1 is 1.77 bits per heavy atom. The Hall–Kier alpha value is -0.800. The molecule has 74 valence electrons. The first-order valence-electron chi connectivity index (χ1n) is 3.85. The number of carbonyl (C=O) groups excluding carboxylic acids is 1. The van der Waals surface area contributed by atoms with Crippen molar-refractivity contribution < 1.29 is 23.4 Å². The van der Waals surface area contributed by atoms with Crippen LogP contribution in [0, 0.1) is 0 Å². The summed E-state index contributed by atoms with van der Waals surface area (Å²) in [6.45, 7) is 3.83. The van der Waals surface area contributed by atoms with Gasteiger partial charge in [0.2, 0.25) is 13.9 Å². The first kappa shape index (κ1) is 10.3. The SMILES string of the molecule is C=CCCO[PH](=O)C1COC(=O)O1. The van der Waals surface area contributed by atoms with Crippen molar-refractivity contribution in [2.75, 3.05) is 13.2 Å². The van der Waals surface area contributed by atoms with Crippen LogP contribution < -0.4 is 0 Å². The molecular weight excluding hydrogens is 195 g/mol. The van der Waals surface area contributed by atoms with Crippen LogP contribution in [0.1, 0.15) is 6.42 Å². The first-order chi connectivity index (χ1) is 6.24. The van der Waals surface area contributed by atoms with Crippen LogP contribution in [-0.2, 0) is 18.6 Å². The van der Waals surface area contributed by atoms with Crippen LogP contribution >= 0.6 is 8.03 Å². The van der Waals surface area contributed by atoms with Crippen LogP contribution in [0.5, 0.6) is 0 Å². The Morgan fingerprint density at radius 3 is 3.08 bits per heavy atom. The average Bonchev–Trinajstić information content (AvgIpc) is 2.52. The molecular formula is C7H11O5P. The highest BCUT2D eigenvalue weighted by molar-refractivity contribution is 7.39. The topological polar surface area (TPSA) is 61.8 Å². The van der Waals surface area contributed by atoms with Crippen molar-refractivity contribution in [2.45, 2.75) is 12.3 Å². The molecule has 13 heavy (non-hydrogen) atoms. The zero-order valence-corrected chi connectivity index (χ0v) is 8.02. The summed E-state index contributed by atoms with van der Waals surface area (Å²) in [5.74, 6) is -0.720. The van der Waals surface area contributed by atoms with E-state index in [-0.39, 0.29) is 6.61 Å². The molecule has 0 aromatic carbocycles. The Bertz CT molecular complexity index is 227. The van der Waals surface area contributed by atoms with Crippen LogP contribution in [0.3, 0.4) is 0 Å². The fourth-order valence-electron chi connectivity index (χ4n) is 0.780. The molecule has 0 radical (unpaired) electrons. The van der Waals surface area contributed by atoms with Gasteiger partial charge in [-0.25, -0.2) is 4.79 Å². The van der Waals surface area contributed by atoms with E-state index in [1.54, 1.807) is 6.08 Å². The third-order valence-corrected chi connectivity index (χ3v) is 2.72. The third kappa shape index (κ3) is 3.20. The molecule has 0 saturated carbocycles. The van der Waals surface area contributed by atoms with E-state index in [2.05, 4.69) is 16.1 Å². The summed E-state index contributed by atoms with van der Waals surface area (Å²) in [6, 6.07) is 0. The number of rotatable bonds is 5. The van der Waals surface area contributed by atoms with Gasteiger partial charge in [0.15, 0.2) is 0 Å². The van der Waals surface area contributed by atoms with Crippen LogP contribution in [0.15, 0.2) is 12.7 Å². The number of carbonyl (C=O) groups is 1. The normalized spacial score (nSPS) is 23.4. The van der Waals surface area contributed by atoms with Gasteiger partial charge in [0.25, 0.3) is 0 Å². The Balaban J connectivity index is 2.23. The molecule has 6 heteroatoms. The standard InChI is InChI=1S/C7H11O5P/c1-2-3-4-11-13(9)6-5-10-7(8)12-6/h2,6,13H,1,3-5H2. The zero-order chi connectivity index (χ0) is 9.68. The minimum atomic E-state index is -2.34.